The zero-order valence-electron chi connectivity index (χ0n) is 9.10. The zero-order chi connectivity index (χ0) is 14.3. The minimum Gasteiger partial charge on any atom is -0.195 e. The van der Waals surface area contributed by atoms with E-state index in [4.69, 9.17) is 0 Å². The average molecular weight is 394 g/mol. The lowest BCUT2D eigenvalue weighted by Crippen LogP contribution is -2.51. The monoisotopic (exact) mass is 394 g/mol. The molecule has 0 aromatic carbocycles. The molecule has 0 fully saturated rings. The fraction of sp³-hybridized carbons (Fsp3) is 0.750. The van der Waals surface area contributed by atoms with Gasteiger partial charge in [0, 0.05) is 0 Å². The van der Waals surface area contributed by atoms with E-state index in [2.05, 4.69) is 0 Å². The van der Waals surface area contributed by atoms with Crippen molar-refractivity contribution in [2.75, 3.05) is 0 Å². The van der Waals surface area contributed by atoms with Gasteiger partial charge in [-0.25, -0.2) is 0 Å². The third-order valence-corrected chi connectivity index (χ3v) is 8.54. The summed E-state index contributed by atoms with van der Waals surface area (Å²) < 4.78 is 86.3. The molecule has 0 radical (unpaired) electrons. The molecular weight excluding hydrogens is 384 g/mol. The van der Waals surface area contributed by atoms with Crippen LogP contribution in [-0.2, 0) is 0 Å². The molecule has 0 aromatic heterocycles. The Hall–Kier alpha value is 0.197. The number of rotatable bonds is 3. The number of allylic oxidation sites excluding steroid dienone is 1. The Morgan fingerprint density at radius 1 is 0.941 bits per heavy atom. The molecule has 0 aliphatic carbocycles. The topological polar surface area (TPSA) is 0 Å². The van der Waals surface area contributed by atoms with Crippen molar-refractivity contribution in [2.45, 2.75) is 37.7 Å². The highest BCUT2D eigenvalue weighted by Gasteiger charge is 2.72. The van der Waals surface area contributed by atoms with Gasteiger partial charge in [-0.2, -0.15) is 30.7 Å². The lowest BCUT2D eigenvalue weighted by molar-refractivity contribution is -0.341. The fourth-order valence-electron chi connectivity index (χ4n) is 0.655. The molecule has 102 valence electrons. The molecule has 0 rings (SSSR count). The van der Waals surface area contributed by atoms with E-state index in [9.17, 15) is 30.7 Å². The fourth-order valence-corrected chi connectivity index (χ4v) is 1.66. The predicted octanol–water partition coefficient (Wildman–Crippen LogP) is 5.02. The number of halogens is 8. The van der Waals surface area contributed by atoms with Crippen LogP contribution in [0.5, 0.6) is 0 Å². The maximum atomic E-state index is 12.9. The van der Waals surface area contributed by atoms with Gasteiger partial charge in [-0.05, 0) is 9.28 Å². The minimum atomic E-state index is -6.27. The van der Waals surface area contributed by atoms with Crippen LogP contribution < -0.4 is 0 Å². The molecule has 0 atom stereocenters. The standard InChI is InChI=1S/C8H10F7ISi/c1-17(2,3)5(16)4-6(9,10)7(11,12)8(13,14)15/h4H,1-3H3. The van der Waals surface area contributed by atoms with Crippen LogP contribution in [0.2, 0.25) is 19.6 Å². The second kappa shape index (κ2) is 4.70. The molecule has 0 aromatic rings. The van der Waals surface area contributed by atoms with Gasteiger partial charge >= 0.3 is 18.0 Å². The summed E-state index contributed by atoms with van der Waals surface area (Å²) in [5.74, 6) is -11.3. The van der Waals surface area contributed by atoms with Crippen LogP contribution in [0.4, 0.5) is 30.7 Å². The summed E-state index contributed by atoms with van der Waals surface area (Å²) in [6.45, 7) is 4.69. The van der Waals surface area contributed by atoms with E-state index < -0.39 is 26.1 Å². The summed E-state index contributed by atoms with van der Waals surface area (Å²) in [5.41, 5.74) is 0. The molecule has 0 aliphatic rings. The lowest BCUT2D eigenvalue weighted by Gasteiger charge is -2.27. The van der Waals surface area contributed by atoms with Gasteiger partial charge in [0.15, 0.2) is 0 Å². The zero-order valence-corrected chi connectivity index (χ0v) is 12.3. The van der Waals surface area contributed by atoms with E-state index in [1.807, 2.05) is 0 Å². The SMILES string of the molecule is C[Si](C)(C)C(I)=CC(F)(F)C(F)(F)C(F)(F)F. The summed E-state index contributed by atoms with van der Waals surface area (Å²) in [6, 6.07) is 0. The highest BCUT2D eigenvalue weighted by molar-refractivity contribution is 14.1. The van der Waals surface area contributed by atoms with Crippen molar-refractivity contribution < 1.29 is 30.7 Å². The third-order valence-electron chi connectivity index (χ3n) is 1.80. The quantitative estimate of drug-likeness (QED) is 0.359. The Kier molecular flexibility index (Phi) is 4.76. The van der Waals surface area contributed by atoms with Crippen LogP contribution in [0.25, 0.3) is 0 Å². The number of alkyl halides is 7. The van der Waals surface area contributed by atoms with Crippen LogP contribution >= 0.6 is 22.6 Å². The summed E-state index contributed by atoms with van der Waals surface area (Å²) in [6.07, 6.45) is -6.55. The molecular formula is C8H10F7ISi. The average Bonchev–Trinajstić information content (AvgIpc) is 1.98. The summed E-state index contributed by atoms with van der Waals surface area (Å²) in [4.78, 5) is 0. The van der Waals surface area contributed by atoms with E-state index in [1.165, 1.54) is 22.6 Å². The van der Waals surface area contributed by atoms with E-state index in [0.29, 0.717) is 0 Å². The smallest absolute Gasteiger partial charge is 0.195 e. The van der Waals surface area contributed by atoms with E-state index in [0.717, 1.165) is 0 Å². The molecule has 9 heteroatoms. The van der Waals surface area contributed by atoms with E-state index in [-0.39, 0.29) is 9.28 Å². The first-order chi connectivity index (χ1) is 7.13. The highest BCUT2D eigenvalue weighted by Crippen LogP contribution is 2.48. The normalized spacial score (nSPS) is 16.3. The van der Waals surface area contributed by atoms with Crippen LogP contribution in [0.15, 0.2) is 9.28 Å². The van der Waals surface area contributed by atoms with Crippen molar-refractivity contribution in [1.29, 1.82) is 0 Å². The Balaban J connectivity index is 5.45. The summed E-state index contributed by atoms with van der Waals surface area (Å²) in [7, 11) is -2.34. The van der Waals surface area contributed by atoms with Crippen molar-refractivity contribution >= 4 is 30.7 Å². The van der Waals surface area contributed by atoms with Crippen molar-refractivity contribution in [3.63, 3.8) is 0 Å². The maximum absolute atomic E-state index is 12.9. The van der Waals surface area contributed by atoms with Gasteiger partial charge < -0.3 is 0 Å². The Labute approximate surface area is 108 Å². The van der Waals surface area contributed by atoms with Crippen molar-refractivity contribution in [1.82, 2.24) is 0 Å². The van der Waals surface area contributed by atoms with E-state index in [1.54, 1.807) is 19.6 Å². The van der Waals surface area contributed by atoms with Crippen LogP contribution in [0.3, 0.4) is 0 Å². The molecule has 0 saturated heterocycles. The number of hydrogen-bond donors (Lipinski definition) is 0. The second-order valence-electron chi connectivity index (χ2n) is 4.44. The van der Waals surface area contributed by atoms with Crippen molar-refractivity contribution in [3.05, 3.63) is 9.28 Å². The van der Waals surface area contributed by atoms with Gasteiger partial charge in [0.2, 0.25) is 0 Å². The number of hydrogen-bond acceptors (Lipinski definition) is 0. The highest BCUT2D eigenvalue weighted by atomic mass is 127. The van der Waals surface area contributed by atoms with Crippen LogP contribution in [0, 0.1) is 0 Å². The van der Waals surface area contributed by atoms with Crippen molar-refractivity contribution in [2.24, 2.45) is 0 Å². The van der Waals surface area contributed by atoms with Crippen LogP contribution in [0.1, 0.15) is 0 Å². The van der Waals surface area contributed by atoms with Gasteiger partial charge in [0.05, 0.1) is 8.07 Å². The van der Waals surface area contributed by atoms with Gasteiger partial charge in [-0.1, -0.05) is 42.2 Å². The minimum absolute atomic E-state index is 0.135. The predicted molar refractivity (Wildman–Crippen MR) is 61.4 cm³/mol. The van der Waals surface area contributed by atoms with Crippen LogP contribution in [-0.4, -0.2) is 26.1 Å². The molecule has 0 aliphatic heterocycles. The third kappa shape index (κ3) is 3.83. The lowest BCUT2D eigenvalue weighted by atomic mass is 10.1. The molecule has 0 spiro atoms. The van der Waals surface area contributed by atoms with Gasteiger partial charge in [0.25, 0.3) is 0 Å². The maximum Gasteiger partial charge on any atom is 0.460 e. The first-order valence-corrected chi connectivity index (χ1v) is 8.92. The first kappa shape index (κ1) is 17.2. The van der Waals surface area contributed by atoms with Gasteiger partial charge in [-0.15, -0.1) is 0 Å². The molecule has 0 N–H and O–H groups in total. The second-order valence-corrected chi connectivity index (χ2v) is 11.7. The first-order valence-electron chi connectivity index (χ1n) is 4.34. The molecule has 0 heterocycles. The molecule has 17 heavy (non-hydrogen) atoms. The van der Waals surface area contributed by atoms with Crippen molar-refractivity contribution in [3.8, 4) is 0 Å². The summed E-state index contributed by atoms with van der Waals surface area (Å²) in [5, 5.41) is 0. The Morgan fingerprint density at radius 2 is 1.29 bits per heavy atom. The van der Waals surface area contributed by atoms with Gasteiger partial charge in [0.1, 0.15) is 0 Å². The van der Waals surface area contributed by atoms with Gasteiger partial charge in [-0.3, -0.25) is 0 Å². The van der Waals surface area contributed by atoms with E-state index >= 15 is 0 Å². The largest absolute Gasteiger partial charge is 0.460 e. The molecule has 0 nitrogen and oxygen atoms in total. The molecule has 0 bridgehead atoms. The molecule has 0 saturated carbocycles. The Morgan fingerprint density at radius 3 is 1.53 bits per heavy atom. The molecule has 0 amide bonds. The Bertz CT molecular complexity index is 313. The molecule has 0 unspecified atom stereocenters. The summed E-state index contributed by atoms with van der Waals surface area (Å²) >= 11 is 1.38.